The first kappa shape index (κ1) is 13.0. The van der Waals surface area contributed by atoms with Crippen LogP contribution in [0, 0.1) is 11.6 Å². The molecule has 5 heteroatoms. The van der Waals surface area contributed by atoms with Crippen molar-refractivity contribution in [3.8, 4) is 0 Å². The van der Waals surface area contributed by atoms with Gasteiger partial charge < -0.3 is 10.2 Å². The minimum atomic E-state index is -0.735. The Balaban J connectivity index is 2.02. The number of hydrogen-bond acceptors (Lipinski definition) is 2. The van der Waals surface area contributed by atoms with Gasteiger partial charge >= 0.3 is 0 Å². The number of amides is 1. The second-order valence-electron chi connectivity index (χ2n) is 4.73. The smallest absolute Gasteiger partial charge is 0.251 e. The maximum atomic E-state index is 13.0. The average molecular weight is 254 g/mol. The number of carbonyl (C=O) groups excluding carboxylic acids is 1. The van der Waals surface area contributed by atoms with Crippen molar-refractivity contribution >= 4 is 5.91 Å². The van der Waals surface area contributed by atoms with Crippen LogP contribution in [0.3, 0.4) is 0 Å². The van der Waals surface area contributed by atoms with Gasteiger partial charge in [-0.25, -0.2) is 8.78 Å². The molecule has 1 amide bonds. The SMILES string of the molecule is CN1CCC[C@@H](NC(=O)c2cc(F)cc(F)c2)C1. The third kappa shape index (κ3) is 3.26. The summed E-state index contributed by atoms with van der Waals surface area (Å²) < 4.78 is 26.0. The van der Waals surface area contributed by atoms with E-state index in [2.05, 4.69) is 10.2 Å². The van der Waals surface area contributed by atoms with Gasteiger partial charge in [0.15, 0.2) is 0 Å². The van der Waals surface area contributed by atoms with Crippen LogP contribution in [-0.4, -0.2) is 37.0 Å². The number of piperidine rings is 1. The summed E-state index contributed by atoms with van der Waals surface area (Å²) >= 11 is 0. The molecule has 2 rings (SSSR count). The fourth-order valence-electron chi connectivity index (χ4n) is 2.24. The number of benzene rings is 1. The van der Waals surface area contributed by atoms with Crippen LogP contribution in [-0.2, 0) is 0 Å². The topological polar surface area (TPSA) is 32.3 Å². The number of nitrogens with zero attached hydrogens (tertiary/aromatic N) is 1. The molecule has 1 aromatic carbocycles. The van der Waals surface area contributed by atoms with Crippen LogP contribution in [0.2, 0.25) is 0 Å². The molecular formula is C13H16F2N2O. The molecule has 0 aromatic heterocycles. The highest BCUT2D eigenvalue weighted by Crippen LogP contribution is 2.11. The lowest BCUT2D eigenvalue weighted by atomic mass is 10.1. The lowest BCUT2D eigenvalue weighted by Crippen LogP contribution is -2.46. The normalized spacial score (nSPS) is 20.7. The van der Waals surface area contributed by atoms with Gasteiger partial charge in [-0.1, -0.05) is 0 Å². The average Bonchev–Trinajstić information content (AvgIpc) is 2.27. The third-order valence-corrected chi connectivity index (χ3v) is 3.08. The maximum Gasteiger partial charge on any atom is 0.251 e. The molecule has 1 fully saturated rings. The predicted molar refractivity (Wildman–Crippen MR) is 64.3 cm³/mol. The first-order valence-corrected chi connectivity index (χ1v) is 6.00. The van der Waals surface area contributed by atoms with E-state index in [9.17, 15) is 13.6 Å². The molecule has 0 saturated carbocycles. The first-order valence-electron chi connectivity index (χ1n) is 6.00. The van der Waals surface area contributed by atoms with Gasteiger partial charge in [0.2, 0.25) is 0 Å². The Labute approximate surface area is 105 Å². The van der Waals surface area contributed by atoms with Crippen LogP contribution in [0.5, 0.6) is 0 Å². The molecular weight excluding hydrogens is 238 g/mol. The highest BCUT2D eigenvalue weighted by molar-refractivity contribution is 5.94. The van der Waals surface area contributed by atoms with Crippen molar-refractivity contribution in [1.29, 1.82) is 0 Å². The predicted octanol–water partition coefficient (Wildman–Crippen LogP) is 1.79. The third-order valence-electron chi connectivity index (χ3n) is 3.08. The summed E-state index contributed by atoms with van der Waals surface area (Å²) in [5.74, 6) is -1.89. The Morgan fingerprint density at radius 1 is 1.33 bits per heavy atom. The number of nitrogens with one attached hydrogen (secondary N) is 1. The molecule has 0 radical (unpaired) electrons. The van der Waals surface area contributed by atoms with E-state index >= 15 is 0 Å². The fourth-order valence-corrected chi connectivity index (χ4v) is 2.24. The van der Waals surface area contributed by atoms with E-state index in [4.69, 9.17) is 0 Å². The van der Waals surface area contributed by atoms with Gasteiger partial charge in [0, 0.05) is 24.2 Å². The van der Waals surface area contributed by atoms with Gasteiger partial charge in [-0.05, 0) is 38.6 Å². The van der Waals surface area contributed by atoms with Crippen LogP contribution in [0.4, 0.5) is 8.78 Å². The van der Waals surface area contributed by atoms with Crippen molar-refractivity contribution in [3.63, 3.8) is 0 Å². The van der Waals surface area contributed by atoms with Gasteiger partial charge in [-0.2, -0.15) is 0 Å². The molecule has 1 aliphatic rings. The minimum Gasteiger partial charge on any atom is -0.348 e. The second-order valence-corrected chi connectivity index (χ2v) is 4.73. The van der Waals surface area contributed by atoms with Crippen LogP contribution in [0.1, 0.15) is 23.2 Å². The van der Waals surface area contributed by atoms with Crippen LogP contribution >= 0.6 is 0 Å². The number of rotatable bonds is 2. The van der Waals surface area contributed by atoms with Crippen molar-refractivity contribution in [2.45, 2.75) is 18.9 Å². The molecule has 1 N–H and O–H groups in total. The van der Waals surface area contributed by atoms with Crippen LogP contribution in [0.15, 0.2) is 18.2 Å². The first-order chi connectivity index (χ1) is 8.54. The summed E-state index contributed by atoms with van der Waals surface area (Å²) in [6.45, 7) is 1.78. The number of halogens is 2. The molecule has 0 unspecified atom stereocenters. The zero-order valence-electron chi connectivity index (χ0n) is 10.2. The van der Waals surface area contributed by atoms with E-state index in [0.717, 1.165) is 44.1 Å². The molecule has 18 heavy (non-hydrogen) atoms. The zero-order valence-corrected chi connectivity index (χ0v) is 10.2. The molecule has 98 valence electrons. The van der Waals surface area contributed by atoms with Gasteiger partial charge in [0.25, 0.3) is 5.91 Å². The summed E-state index contributed by atoms with van der Waals surface area (Å²) in [4.78, 5) is 14.0. The highest BCUT2D eigenvalue weighted by Gasteiger charge is 2.20. The Kier molecular flexibility index (Phi) is 3.91. The number of hydrogen-bond donors (Lipinski definition) is 1. The molecule has 1 heterocycles. The molecule has 0 aliphatic carbocycles. The number of carbonyl (C=O) groups is 1. The zero-order chi connectivity index (χ0) is 13.1. The molecule has 3 nitrogen and oxygen atoms in total. The van der Waals surface area contributed by atoms with Crippen LogP contribution < -0.4 is 5.32 Å². The number of likely N-dealkylation sites (tertiary alicyclic amines) is 1. The largest absolute Gasteiger partial charge is 0.348 e. The standard InChI is InChI=1S/C13H16F2N2O/c1-17-4-2-3-12(8-17)16-13(18)9-5-10(14)7-11(15)6-9/h5-7,12H,2-4,8H2,1H3,(H,16,18)/t12-/m1/s1. The van der Waals surface area contributed by atoms with Crippen molar-refractivity contribution in [2.75, 3.05) is 20.1 Å². The maximum absolute atomic E-state index is 13.0. The fraction of sp³-hybridized carbons (Fsp3) is 0.462. The van der Waals surface area contributed by atoms with E-state index in [1.807, 2.05) is 7.05 Å². The Morgan fingerprint density at radius 3 is 2.61 bits per heavy atom. The Bertz CT molecular complexity index is 430. The lowest BCUT2D eigenvalue weighted by Gasteiger charge is -2.30. The summed E-state index contributed by atoms with van der Waals surface area (Å²) in [5.41, 5.74) is 0.0285. The molecule has 1 aromatic rings. The van der Waals surface area contributed by atoms with E-state index in [1.54, 1.807) is 0 Å². The van der Waals surface area contributed by atoms with Gasteiger partial charge in [0.1, 0.15) is 11.6 Å². The summed E-state index contributed by atoms with van der Waals surface area (Å²) in [6.07, 6.45) is 1.91. The Hall–Kier alpha value is -1.49. The Morgan fingerprint density at radius 2 is 2.00 bits per heavy atom. The molecule has 1 aliphatic heterocycles. The molecule has 1 saturated heterocycles. The van der Waals surface area contributed by atoms with Crippen molar-refractivity contribution < 1.29 is 13.6 Å². The van der Waals surface area contributed by atoms with Crippen molar-refractivity contribution in [2.24, 2.45) is 0 Å². The van der Waals surface area contributed by atoms with Gasteiger partial charge in [-0.15, -0.1) is 0 Å². The lowest BCUT2D eigenvalue weighted by molar-refractivity contribution is 0.0911. The quantitative estimate of drug-likeness (QED) is 0.872. The summed E-state index contributed by atoms with van der Waals surface area (Å²) in [5, 5.41) is 2.81. The van der Waals surface area contributed by atoms with Crippen molar-refractivity contribution in [3.05, 3.63) is 35.4 Å². The van der Waals surface area contributed by atoms with E-state index in [0.29, 0.717) is 0 Å². The summed E-state index contributed by atoms with van der Waals surface area (Å²) in [7, 11) is 1.99. The van der Waals surface area contributed by atoms with E-state index in [1.165, 1.54) is 0 Å². The number of likely N-dealkylation sites (N-methyl/N-ethyl adjacent to an activating group) is 1. The van der Waals surface area contributed by atoms with Gasteiger partial charge in [-0.3, -0.25) is 4.79 Å². The monoisotopic (exact) mass is 254 g/mol. The van der Waals surface area contributed by atoms with Gasteiger partial charge in [0.05, 0.1) is 0 Å². The van der Waals surface area contributed by atoms with E-state index in [-0.39, 0.29) is 11.6 Å². The highest BCUT2D eigenvalue weighted by atomic mass is 19.1. The molecule has 0 bridgehead atoms. The molecule has 1 atom stereocenters. The molecule has 0 spiro atoms. The minimum absolute atomic E-state index is 0.0285. The summed E-state index contributed by atoms with van der Waals surface area (Å²) in [6, 6.07) is 2.89. The second kappa shape index (κ2) is 5.44. The van der Waals surface area contributed by atoms with Crippen molar-refractivity contribution in [1.82, 2.24) is 10.2 Å². The van der Waals surface area contributed by atoms with E-state index < -0.39 is 17.5 Å². The van der Waals surface area contributed by atoms with Crippen LogP contribution in [0.25, 0.3) is 0 Å².